The molecule has 1 aromatic carbocycles. The molecule has 86 valence electrons. The zero-order valence-electron chi connectivity index (χ0n) is 9.59. The molecule has 1 saturated heterocycles. The Morgan fingerprint density at radius 2 is 1.88 bits per heavy atom. The van der Waals surface area contributed by atoms with Crippen LogP contribution in [0.2, 0.25) is 0 Å². The van der Waals surface area contributed by atoms with Crippen molar-refractivity contribution < 1.29 is 0 Å². The van der Waals surface area contributed by atoms with E-state index < -0.39 is 0 Å². The average molecular weight is 235 g/mol. The van der Waals surface area contributed by atoms with Gasteiger partial charge in [0, 0.05) is 38.1 Å². The maximum atomic E-state index is 3.91. The molecule has 0 unspecified atom stereocenters. The quantitative estimate of drug-likeness (QED) is 0.591. The Kier molecular flexibility index (Phi) is 3.85. The Balaban J connectivity index is 2.16. The van der Waals surface area contributed by atoms with Gasteiger partial charge in [-0.05, 0) is 25.9 Å². The molecule has 4 heteroatoms. The fourth-order valence-electron chi connectivity index (χ4n) is 1.91. The lowest BCUT2D eigenvalue weighted by molar-refractivity contribution is 0.312. The highest BCUT2D eigenvalue weighted by Crippen LogP contribution is 2.30. The van der Waals surface area contributed by atoms with E-state index in [-0.39, 0.29) is 0 Å². The molecule has 1 heterocycles. The smallest absolute Gasteiger partial charge is 0.0538 e. The van der Waals surface area contributed by atoms with Crippen molar-refractivity contribution in [1.82, 2.24) is 4.90 Å². The molecule has 0 aliphatic carbocycles. The van der Waals surface area contributed by atoms with E-state index in [0.29, 0.717) is 0 Å². The van der Waals surface area contributed by atoms with Crippen LogP contribution >= 0.6 is 11.9 Å². The van der Waals surface area contributed by atoms with Gasteiger partial charge in [0.25, 0.3) is 0 Å². The van der Waals surface area contributed by atoms with Gasteiger partial charge in [-0.15, -0.1) is 0 Å². The summed E-state index contributed by atoms with van der Waals surface area (Å²) >= 11 is 1.45. The minimum absolute atomic E-state index is 1.09. The summed E-state index contributed by atoms with van der Waals surface area (Å²) in [5.41, 5.74) is 1.29. The summed E-state index contributed by atoms with van der Waals surface area (Å²) in [6.07, 6.45) is 0. The van der Waals surface area contributed by atoms with Crippen LogP contribution in [0.5, 0.6) is 0 Å². The summed E-state index contributed by atoms with van der Waals surface area (Å²) in [5.74, 6) is 0. The lowest BCUT2D eigenvalue weighted by Gasteiger charge is -2.34. The third kappa shape index (κ3) is 2.57. The third-order valence-electron chi connectivity index (χ3n) is 2.87. The van der Waals surface area contributed by atoms with Gasteiger partial charge in [-0.25, -0.2) is 4.40 Å². The second kappa shape index (κ2) is 5.37. The van der Waals surface area contributed by atoms with Crippen LogP contribution in [0.15, 0.2) is 33.6 Å². The summed E-state index contributed by atoms with van der Waals surface area (Å²) in [5, 5.41) is 0. The molecular weight excluding hydrogens is 218 g/mol. The van der Waals surface area contributed by atoms with Gasteiger partial charge in [-0.2, -0.15) is 0 Å². The minimum atomic E-state index is 1.09. The number of anilines is 1. The number of piperazine rings is 1. The van der Waals surface area contributed by atoms with Gasteiger partial charge in [0.15, 0.2) is 0 Å². The van der Waals surface area contributed by atoms with Crippen LogP contribution in [0.25, 0.3) is 0 Å². The summed E-state index contributed by atoms with van der Waals surface area (Å²) in [7, 11) is 2.17. The van der Waals surface area contributed by atoms with Crippen molar-refractivity contribution in [1.29, 1.82) is 0 Å². The van der Waals surface area contributed by atoms with Gasteiger partial charge >= 0.3 is 0 Å². The lowest BCUT2D eigenvalue weighted by Crippen LogP contribution is -2.44. The van der Waals surface area contributed by atoms with Crippen LogP contribution < -0.4 is 4.90 Å². The second-order valence-electron chi connectivity index (χ2n) is 3.98. The number of nitrogens with zero attached hydrogens (tertiary/aromatic N) is 3. The van der Waals surface area contributed by atoms with Gasteiger partial charge in [0.05, 0.1) is 10.6 Å². The normalized spacial score (nSPS) is 17.4. The molecule has 3 nitrogen and oxygen atoms in total. The molecule has 0 saturated carbocycles. The molecule has 0 amide bonds. The second-order valence-corrected chi connectivity index (χ2v) is 4.86. The first-order chi connectivity index (χ1) is 7.81. The molecule has 0 bridgehead atoms. The summed E-state index contributed by atoms with van der Waals surface area (Å²) in [6, 6.07) is 8.40. The van der Waals surface area contributed by atoms with E-state index in [0.717, 1.165) is 26.2 Å². The Labute approximate surface area is 101 Å². The van der Waals surface area contributed by atoms with Crippen molar-refractivity contribution in [3.8, 4) is 0 Å². The molecule has 1 fully saturated rings. The van der Waals surface area contributed by atoms with E-state index in [2.05, 4.69) is 46.2 Å². The predicted molar refractivity (Wildman–Crippen MR) is 71.6 cm³/mol. The molecule has 1 aromatic rings. The lowest BCUT2D eigenvalue weighted by atomic mass is 10.2. The summed E-state index contributed by atoms with van der Waals surface area (Å²) in [4.78, 5) is 5.98. The Bertz CT molecular complexity index is 359. The number of hydrogen-bond donors (Lipinski definition) is 0. The van der Waals surface area contributed by atoms with Crippen LogP contribution in [0.4, 0.5) is 5.69 Å². The average Bonchev–Trinajstić information content (AvgIpc) is 2.32. The molecule has 1 aliphatic rings. The molecule has 2 rings (SSSR count). The summed E-state index contributed by atoms with van der Waals surface area (Å²) in [6.45, 7) is 7.97. The molecular formula is C12H17N3S. The van der Waals surface area contributed by atoms with Crippen molar-refractivity contribution in [2.75, 3.05) is 38.1 Å². The topological polar surface area (TPSA) is 18.8 Å². The van der Waals surface area contributed by atoms with Crippen molar-refractivity contribution in [2.45, 2.75) is 4.90 Å². The van der Waals surface area contributed by atoms with E-state index >= 15 is 0 Å². The number of likely N-dealkylation sites (N-methyl/N-ethyl adjacent to an activating group) is 1. The van der Waals surface area contributed by atoms with Gasteiger partial charge in [-0.1, -0.05) is 12.1 Å². The van der Waals surface area contributed by atoms with Crippen molar-refractivity contribution in [3.63, 3.8) is 0 Å². The molecule has 1 aliphatic heterocycles. The fraction of sp³-hybridized carbons (Fsp3) is 0.417. The van der Waals surface area contributed by atoms with E-state index in [1.165, 1.54) is 22.5 Å². The largest absolute Gasteiger partial charge is 0.368 e. The van der Waals surface area contributed by atoms with Gasteiger partial charge in [0.1, 0.15) is 0 Å². The van der Waals surface area contributed by atoms with Gasteiger partial charge in [-0.3, -0.25) is 0 Å². The number of para-hydroxylation sites is 1. The summed E-state index contributed by atoms with van der Waals surface area (Å²) < 4.78 is 3.91. The van der Waals surface area contributed by atoms with Crippen LogP contribution in [0, 0.1) is 0 Å². The van der Waals surface area contributed by atoms with E-state index in [1.807, 2.05) is 6.07 Å². The molecule has 0 aromatic heterocycles. The molecule has 0 N–H and O–H groups in total. The Morgan fingerprint density at radius 1 is 1.19 bits per heavy atom. The highest BCUT2D eigenvalue weighted by molar-refractivity contribution is 7.98. The Morgan fingerprint density at radius 3 is 2.56 bits per heavy atom. The maximum absolute atomic E-state index is 3.91. The van der Waals surface area contributed by atoms with Crippen molar-refractivity contribution in [3.05, 3.63) is 24.3 Å². The standard InChI is InChI=1S/C12H17N3S/c1-13-16-12-6-4-3-5-11(12)15-9-7-14(2)8-10-15/h3-6H,1,7-10H2,2H3. The maximum Gasteiger partial charge on any atom is 0.0538 e. The van der Waals surface area contributed by atoms with Crippen LogP contribution in [-0.4, -0.2) is 44.8 Å². The van der Waals surface area contributed by atoms with E-state index in [4.69, 9.17) is 0 Å². The Hall–Kier alpha value is -1.00. The molecule has 0 atom stereocenters. The van der Waals surface area contributed by atoms with Crippen LogP contribution in [0.1, 0.15) is 0 Å². The zero-order valence-corrected chi connectivity index (χ0v) is 10.4. The van der Waals surface area contributed by atoms with Gasteiger partial charge in [0.2, 0.25) is 0 Å². The van der Waals surface area contributed by atoms with Crippen molar-refractivity contribution in [2.24, 2.45) is 4.40 Å². The number of hydrogen-bond acceptors (Lipinski definition) is 4. The fourth-order valence-corrected chi connectivity index (χ4v) is 2.48. The zero-order chi connectivity index (χ0) is 11.4. The number of benzene rings is 1. The van der Waals surface area contributed by atoms with Crippen LogP contribution in [0.3, 0.4) is 0 Å². The monoisotopic (exact) mass is 235 g/mol. The van der Waals surface area contributed by atoms with Crippen LogP contribution in [-0.2, 0) is 0 Å². The first-order valence-electron chi connectivity index (χ1n) is 5.47. The highest BCUT2D eigenvalue weighted by atomic mass is 32.2. The SMILES string of the molecule is C=NSc1ccccc1N1CCN(C)CC1. The first-order valence-corrected chi connectivity index (χ1v) is 6.24. The van der Waals surface area contributed by atoms with Crippen molar-refractivity contribution >= 4 is 24.4 Å². The highest BCUT2D eigenvalue weighted by Gasteiger charge is 2.16. The van der Waals surface area contributed by atoms with E-state index in [9.17, 15) is 0 Å². The first kappa shape index (κ1) is 11.5. The molecule has 0 radical (unpaired) electrons. The molecule has 0 spiro atoms. The van der Waals surface area contributed by atoms with E-state index in [1.54, 1.807) is 0 Å². The minimum Gasteiger partial charge on any atom is -0.368 e. The van der Waals surface area contributed by atoms with Gasteiger partial charge < -0.3 is 9.80 Å². The third-order valence-corrected chi connectivity index (χ3v) is 3.54. The predicted octanol–water partition coefficient (Wildman–Crippen LogP) is 2.15. The molecule has 16 heavy (non-hydrogen) atoms. The number of rotatable bonds is 3.